The molecule has 2 saturated heterocycles. The summed E-state index contributed by atoms with van der Waals surface area (Å²) in [5, 5.41) is 21.8. The molecule has 2 aliphatic rings. The number of nitro benzene ring substituents is 2. The van der Waals surface area contributed by atoms with E-state index >= 15 is 0 Å². The first kappa shape index (κ1) is 23.2. The molecule has 4 rings (SSSR count). The average Bonchev–Trinajstić information content (AvgIpc) is 3.23. The minimum atomic E-state index is -3.89. The minimum absolute atomic E-state index is 0.000322. The standard InChI is InChI=1S/C21H24N4O7S/c1-16(17-2-4-18(5-3-17)24(26)27)22-12-10-21(11-13-22)23(14-15-32-21)33(30,31)20-8-6-19(7-9-20)25(28)29/h2-9,16H,10-15H2,1H3. The Hall–Kier alpha value is -2.93. The molecule has 2 aromatic carbocycles. The fourth-order valence-corrected chi connectivity index (χ4v) is 6.26. The number of rotatable bonds is 6. The van der Waals surface area contributed by atoms with Gasteiger partial charge in [0.2, 0.25) is 10.0 Å². The predicted octanol–water partition coefficient (Wildman–Crippen LogP) is 3.08. The molecule has 0 amide bonds. The predicted molar refractivity (Wildman–Crippen MR) is 118 cm³/mol. The molecule has 2 aliphatic heterocycles. The Labute approximate surface area is 190 Å². The zero-order chi connectivity index (χ0) is 23.8. The van der Waals surface area contributed by atoms with Gasteiger partial charge in [-0.2, -0.15) is 4.31 Å². The first-order valence-electron chi connectivity index (χ1n) is 10.5. The fraction of sp³-hybridized carbons (Fsp3) is 0.429. The van der Waals surface area contributed by atoms with Crippen LogP contribution in [0.15, 0.2) is 53.4 Å². The van der Waals surface area contributed by atoms with Gasteiger partial charge in [-0.05, 0) is 24.6 Å². The van der Waals surface area contributed by atoms with Gasteiger partial charge in [-0.3, -0.25) is 25.1 Å². The summed E-state index contributed by atoms with van der Waals surface area (Å²) < 4.78 is 34.0. The molecule has 0 aliphatic carbocycles. The number of piperidine rings is 1. The first-order valence-corrected chi connectivity index (χ1v) is 12.0. The van der Waals surface area contributed by atoms with E-state index in [0.29, 0.717) is 25.9 Å². The van der Waals surface area contributed by atoms with Crippen molar-refractivity contribution in [3.63, 3.8) is 0 Å². The molecule has 0 bridgehead atoms. The number of non-ortho nitro benzene ring substituents is 2. The van der Waals surface area contributed by atoms with Gasteiger partial charge in [0.05, 0.1) is 21.3 Å². The van der Waals surface area contributed by atoms with Crippen molar-refractivity contribution in [2.24, 2.45) is 0 Å². The number of sulfonamides is 1. The molecule has 2 heterocycles. The number of ether oxygens (including phenoxy) is 1. The molecule has 0 radical (unpaired) electrons. The van der Waals surface area contributed by atoms with Crippen LogP contribution in [-0.4, -0.2) is 59.4 Å². The van der Waals surface area contributed by atoms with Crippen molar-refractivity contribution < 1.29 is 23.0 Å². The van der Waals surface area contributed by atoms with Crippen molar-refractivity contribution in [2.75, 3.05) is 26.2 Å². The van der Waals surface area contributed by atoms with Crippen LogP contribution in [0.4, 0.5) is 11.4 Å². The summed E-state index contributed by atoms with van der Waals surface area (Å²) in [6.07, 6.45) is 0.938. The number of nitro groups is 2. The van der Waals surface area contributed by atoms with E-state index in [2.05, 4.69) is 4.90 Å². The van der Waals surface area contributed by atoms with Crippen molar-refractivity contribution >= 4 is 21.4 Å². The SMILES string of the molecule is CC(c1ccc([N+](=O)[O-])cc1)N1CCC2(CC1)OCCN2S(=O)(=O)c1ccc([N+](=O)[O-])cc1. The largest absolute Gasteiger partial charge is 0.358 e. The molecule has 1 atom stereocenters. The van der Waals surface area contributed by atoms with E-state index in [-0.39, 0.29) is 35.5 Å². The van der Waals surface area contributed by atoms with Gasteiger partial charge in [0.1, 0.15) is 5.72 Å². The Bertz CT molecular complexity index is 1140. The van der Waals surface area contributed by atoms with Crippen molar-refractivity contribution in [2.45, 2.75) is 36.4 Å². The highest BCUT2D eigenvalue weighted by atomic mass is 32.2. The monoisotopic (exact) mass is 476 g/mol. The summed E-state index contributed by atoms with van der Waals surface area (Å²) in [5.74, 6) is 0. The van der Waals surface area contributed by atoms with Crippen molar-refractivity contribution in [3.8, 4) is 0 Å². The lowest BCUT2D eigenvalue weighted by atomic mass is 9.97. The zero-order valence-electron chi connectivity index (χ0n) is 18.0. The van der Waals surface area contributed by atoms with E-state index in [1.54, 1.807) is 12.1 Å². The van der Waals surface area contributed by atoms with E-state index in [1.165, 1.54) is 40.7 Å². The fourth-order valence-electron chi connectivity index (χ4n) is 4.54. The van der Waals surface area contributed by atoms with Gasteiger partial charge in [-0.25, -0.2) is 8.42 Å². The molecule has 2 aromatic rings. The smallest absolute Gasteiger partial charge is 0.269 e. The van der Waals surface area contributed by atoms with Crippen LogP contribution >= 0.6 is 0 Å². The lowest BCUT2D eigenvalue weighted by Gasteiger charge is -2.44. The number of hydrogen-bond acceptors (Lipinski definition) is 8. The second kappa shape index (κ2) is 8.78. The summed E-state index contributed by atoms with van der Waals surface area (Å²) in [4.78, 5) is 23.0. The number of benzene rings is 2. The van der Waals surface area contributed by atoms with Gasteiger partial charge in [-0.15, -0.1) is 0 Å². The van der Waals surface area contributed by atoms with Gasteiger partial charge in [0.15, 0.2) is 0 Å². The first-order chi connectivity index (χ1) is 15.6. The number of nitrogens with zero attached hydrogens (tertiary/aromatic N) is 4. The topological polar surface area (TPSA) is 136 Å². The summed E-state index contributed by atoms with van der Waals surface area (Å²) in [7, 11) is -3.89. The molecule has 176 valence electrons. The Morgan fingerprint density at radius 1 is 0.909 bits per heavy atom. The van der Waals surface area contributed by atoms with Gasteiger partial charge >= 0.3 is 0 Å². The van der Waals surface area contributed by atoms with E-state index in [0.717, 1.165) is 5.56 Å². The third-order valence-corrected chi connectivity index (χ3v) is 8.43. The summed E-state index contributed by atoms with van der Waals surface area (Å²) >= 11 is 0. The van der Waals surface area contributed by atoms with E-state index in [9.17, 15) is 28.6 Å². The average molecular weight is 477 g/mol. The van der Waals surface area contributed by atoms with Crippen LogP contribution in [0.2, 0.25) is 0 Å². The van der Waals surface area contributed by atoms with Crippen LogP contribution in [-0.2, 0) is 14.8 Å². The van der Waals surface area contributed by atoms with Gasteiger partial charge in [0, 0.05) is 62.8 Å². The molecular weight excluding hydrogens is 452 g/mol. The summed E-state index contributed by atoms with van der Waals surface area (Å²) in [6.45, 7) is 3.69. The van der Waals surface area contributed by atoms with Crippen LogP contribution < -0.4 is 0 Å². The van der Waals surface area contributed by atoms with Crippen molar-refractivity contribution in [1.29, 1.82) is 0 Å². The molecule has 12 heteroatoms. The maximum atomic E-state index is 13.3. The molecule has 2 fully saturated rings. The van der Waals surface area contributed by atoms with Gasteiger partial charge in [-0.1, -0.05) is 12.1 Å². The molecule has 11 nitrogen and oxygen atoms in total. The lowest BCUT2D eigenvalue weighted by molar-refractivity contribution is -0.385. The second-order valence-corrected chi connectivity index (χ2v) is 10.0. The summed E-state index contributed by atoms with van der Waals surface area (Å²) in [5.41, 5.74) is -0.143. The quantitative estimate of drug-likeness (QED) is 0.458. The Kier molecular flexibility index (Phi) is 6.18. The molecule has 1 spiro atoms. The van der Waals surface area contributed by atoms with E-state index in [1.807, 2.05) is 6.92 Å². The molecule has 1 unspecified atom stereocenters. The molecule has 0 N–H and O–H groups in total. The maximum Gasteiger partial charge on any atom is 0.269 e. The van der Waals surface area contributed by atoms with Crippen LogP contribution in [0.5, 0.6) is 0 Å². The molecule has 0 saturated carbocycles. The zero-order valence-corrected chi connectivity index (χ0v) is 18.8. The highest BCUT2D eigenvalue weighted by Gasteiger charge is 2.50. The van der Waals surface area contributed by atoms with Crippen LogP contribution in [0.25, 0.3) is 0 Å². The third-order valence-electron chi connectivity index (χ3n) is 6.47. The Balaban J connectivity index is 1.48. The van der Waals surface area contributed by atoms with E-state index < -0.39 is 25.6 Å². The van der Waals surface area contributed by atoms with Crippen molar-refractivity contribution in [1.82, 2.24) is 9.21 Å². The van der Waals surface area contributed by atoms with Gasteiger partial charge < -0.3 is 4.74 Å². The Morgan fingerprint density at radius 3 is 1.94 bits per heavy atom. The Morgan fingerprint density at radius 2 is 1.42 bits per heavy atom. The van der Waals surface area contributed by atoms with Gasteiger partial charge in [0.25, 0.3) is 11.4 Å². The number of likely N-dealkylation sites (tertiary alicyclic amines) is 1. The summed E-state index contributed by atoms with van der Waals surface area (Å²) in [6, 6.07) is 11.3. The van der Waals surface area contributed by atoms with Crippen LogP contribution in [0, 0.1) is 20.2 Å². The second-order valence-electron chi connectivity index (χ2n) is 8.18. The van der Waals surface area contributed by atoms with Crippen LogP contribution in [0.1, 0.15) is 31.4 Å². The third kappa shape index (κ3) is 4.34. The highest BCUT2D eigenvalue weighted by Crippen LogP contribution is 2.40. The molecule has 0 aromatic heterocycles. The van der Waals surface area contributed by atoms with Crippen LogP contribution in [0.3, 0.4) is 0 Å². The molecule has 33 heavy (non-hydrogen) atoms. The van der Waals surface area contributed by atoms with Crippen molar-refractivity contribution in [3.05, 3.63) is 74.3 Å². The highest BCUT2D eigenvalue weighted by molar-refractivity contribution is 7.89. The lowest BCUT2D eigenvalue weighted by Crippen LogP contribution is -2.55. The minimum Gasteiger partial charge on any atom is -0.358 e. The van der Waals surface area contributed by atoms with E-state index in [4.69, 9.17) is 4.74 Å². The normalized spacial score (nSPS) is 20.0. The maximum absolute atomic E-state index is 13.3. The molecular formula is C21H24N4O7S. The number of hydrogen-bond donors (Lipinski definition) is 0.